The summed E-state index contributed by atoms with van der Waals surface area (Å²) in [5.41, 5.74) is -2.50. The first-order valence-corrected chi connectivity index (χ1v) is 10.6. The highest BCUT2D eigenvalue weighted by Gasteiger charge is 2.42. The highest BCUT2D eigenvalue weighted by Crippen LogP contribution is 2.18. The number of aliphatic hydroxyl groups is 1. The molecule has 0 bridgehead atoms. The highest BCUT2D eigenvalue weighted by atomic mass is 35.5. The third-order valence-corrected chi connectivity index (χ3v) is 5.19. The Hall–Kier alpha value is -2.96. The van der Waals surface area contributed by atoms with Gasteiger partial charge in [-0.3, -0.25) is 14.5 Å². The summed E-state index contributed by atoms with van der Waals surface area (Å²) in [7, 11) is 0. The molecule has 13 heteroatoms. The van der Waals surface area contributed by atoms with E-state index in [2.05, 4.69) is 5.16 Å². The molecule has 2 atom stereocenters. The number of aliphatic carboxylic acids is 2. The molecule has 1 aliphatic rings. The van der Waals surface area contributed by atoms with Gasteiger partial charge in [0.2, 0.25) is 0 Å². The largest absolute Gasteiger partial charge is 0.619 e. The van der Waals surface area contributed by atoms with Crippen molar-refractivity contribution < 1.29 is 44.0 Å². The minimum atomic E-state index is -2.80. The number of carboxylic acid groups (broad SMARTS) is 2. The van der Waals surface area contributed by atoms with Gasteiger partial charge in [0.05, 0.1) is 18.4 Å². The first-order chi connectivity index (χ1) is 15.6. The van der Waals surface area contributed by atoms with E-state index in [4.69, 9.17) is 31.4 Å². The second-order valence-electron chi connectivity index (χ2n) is 7.69. The Labute approximate surface area is 194 Å². The van der Waals surface area contributed by atoms with Gasteiger partial charge in [-0.25, -0.2) is 4.79 Å². The molecule has 12 nitrogen and oxygen atoms in total. The van der Waals surface area contributed by atoms with Gasteiger partial charge in [0, 0.05) is 12.6 Å². The maximum atomic E-state index is 12.3. The van der Waals surface area contributed by atoms with Crippen LogP contribution in [-0.2, 0) is 24.0 Å². The number of aromatic nitrogens is 1. The van der Waals surface area contributed by atoms with Crippen molar-refractivity contribution in [1.29, 1.82) is 0 Å². The lowest BCUT2D eigenvalue weighted by atomic mass is 9.96. The number of hydrogen-bond donors (Lipinski definition) is 3. The standard InChI is InChI=1S/C20H26ClN3O9/c21-18(14-5-4-8-24(31)11-14)22-32-13-15(12-23-6-2-1-3-7-23)33-17(27)10-20(30,19(28)29)9-16(25)26/h4-5,8,11,15,30H,1-3,6-7,9-10,12-13H2,(H,25,26)(H,28,29)/b22-18-/t15-,20-/m0/s1. The van der Waals surface area contributed by atoms with E-state index in [-0.39, 0.29) is 18.3 Å². The molecule has 0 amide bonds. The normalized spacial score (nSPS) is 17.6. The summed E-state index contributed by atoms with van der Waals surface area (Å²) in [6.07, 6.45) is 2.35. The molecule has 1 aromatic heterocycles. The molecule has 0 aliphatic carbocycles. The highest BCUT2D eigenvalue weighted by molar-refractivity contribution is 6.69. The number of oxime groups is 1. The van der Waals surface area contributed by atoms with Gasteiger partial charge in [0.1, 0.15) is 0 Å². The number of carbonyl (C=O) groups excluding carboxylic acids is 1. The van der Waals surface area contributed by atoms with Gasteiger partial charge in [-0.15, -0.1) is 0 Å². The van der Waals surface area contributed by atoms with Crippen LogP contribution in [0.25, 0.3) is 0 Å². The van der Waals surface area contributed by atoms with Crippen molar-refractivity contribution in [3.63, 3.8) is 0 Å². The Morgan fingerprint density at radius 2 is 1.94 bits per heavy atom. The zero-order chi connectivity index (χ0) is 24.4. The predicted molar refractivity (Wildman–Crippen MR) is 113 cm³/mol. The molecule has 0 spiro atoms. The van der Waals surface area contributed by atoms with E-state index in [1.165, 1.54) is 18.5 Å². The van der Waals surface area contributed by atoms with E-state index in [0.717, 1.165) is 32.4 Å². The van der Waals surface area contributed by atoms with Crippen LogP contribution in [0.1, 0.15) is 37.7 Å². The van der Waals surface area contributed by atoms with Crippen molar-refractivity contribution >= 4 is 34.7 Å². The maximum Gasteiger partial charge on any atom is 0.336 e. The second-order valence-corrected chi connectivity index (χ2v) is 8.05. The van der Waals surface area contributed by atoms with E-state index in [1.54, 1.807) is 6.07 Å². The van der Waals surface area contributed by atoms with Crippen molar-refractivity contribution in [2.45, 2.75) is 43.8 Å². The molecule has 1 aliphatic heterocycles. The molecule has 0 unspecified atom stereocenters. The van der Waals surface area contributed by atoms with Crippen LogP contribution in [0.3, 0.4) is 0 Å². The Morgan fingerprint density at radius 1 is 1.24 bits per heavy atom. The molecule has 1 saturated heterocycles. The number of esters is 1. The van der Waals surface area contributed by atoms with Crippen LogP contribution in [0.15, 0.2) is 29.7 Å². The second kappa shape index (κ2) is 12.3. The van der Waals surface area contributed by atoms with Gasteiger partial charge in [0.25, 0.3) is 0 Å². The number of likely N-dealkylation sites (tertiary alicyclic amines) is 1. The van der Waals surface area contributed by atoms with E-state index in [9.17, 15) is 24.7 Å². The fraction of sp³-hybridized carbons (Fsp3) is 0.550. The number of rotatable bonds is 12. The van der Waals surface area contributed by atoms with Crippen LogP contribution in [0.2, 0.25) is 0 Å². The third-order valence-electron chi connectivity index (χ3n) is 4.91. The zero-order valence-corrected chi connectivity index (χ0v) is 18.5. The van der Waals surface area contributed by atoms with E-state index < -0.39 is 42.5 Å². The van der Waals surface area contributed by atoms with Crippen LogP contribution in [-0.4, -0.2) is 81.2 Å². The number of pyridine rings is 1. The molecular formula is C20H26ClN3O9. The van der Waals surface area contributed by atoms with E-state index in [0.29, 0.717) is 10.3 Å². The molecule has 1 aromatic rings. The summed E-state index contributed by atoms with van der Waals surface area (Å²) in [4.78, 5) is 41.7. The number of piperidine rings is 1. The average Bonchev–Trinajstić information content (AvgIpc) is 2.73. The summed E-state index contributed by atoms with van der Waals surface area (Å²) >= 11 is 6.03. The third kappa shape index (κ3) is 8.83. The number of carbonyl (C=O) groups is 3. The summed E-state index contributed by atoms with van der Waals surface area (Å²) in [6, 6.07) is 3.02. The fourth-order valence-corrected chi connectivity index (χ4v) is 3.45. The van der Waals surface area contributed by atoms with Crippen LogP contribution in [0.4, 0.5) is 0 Å². The summed E-state index contributed by atoms with van der Waals surface area (Å²) in [6.45, 7) is 1.55. The first-order valence-electron chi connectivity index (χ1n) is 10.2. The summed E-state index contributed by atoms with van der Waals surface area (Å²) in [5.74, 6) is -4.52. The lowest BCUT2D eigenvalue weighted by Gasteiger charge is -2.30. The topological polar surface area (TPSA) is 173 Å². The van der Waals surface area contributed by atoms with Crippen molar-refractivity contribution in [3.8, 4) is 0 Å². The number of halogens is 1. The number of hydrogen-bond acceptors (Lipinski definition) is 9. The molecule has 2 heterocycles. The number of nitrogens with zero attached hydrogens (tertiary/aromatic N) is 3. The summed E-state index contributed by atoms with van der Waals surface area (Å²) < 4.78 is 5.84. The van der Waals surface area contributed by atoms with Gasteiger partial charge in [0.15, 0.2) is 35.9 Å². The monoisotopic (exact) mass is 487 g/mol. The molecule has 0 radical (unpaired) electrons. The quantitative estimate of drug-likeness (QED) is 0.122. The van der Waals surface area contributed by atoms with Crippen molar-refractivity contribution in [3.05, 3.63) is 35.3 Å². The minimum absolute atomic E-state index is 0.107. The Kier molecular flexibility index (Phi) is 9.82. The number of carboxylic acids is 2. The SMILES string of the molecule is O=C(O)C[C@](O)(CC(=O)O[C@H](CO/N=C(\Cl)c1ccc[n+]([O-])c1)CN1CCCCC1)C(=O)O. The molecule has 1 fully saturated rings. The summed E-state index contributed by atoms with van der Waals surface area (Å²) in [5, 5.41) is 43.0. The van der Waals surface area contributed by atoms with Gasteiger partial charge >= 0.3 is 17.9 Å². The molecule has 0 aromatic carbocycles. The average molecular weight is 488 g/mol. The van der Waals surface area contributed by atoms with Gasteiger partial charge < -0.3 is 30.1 Å². The van der Waals surface area contributed by atoms with Crippen molar-refractivity contribution in [2.24, 2.45) is 5.16 Å². The molecular weight excluding hydrogens is 462 g/mol. The van der Waals surface area contributed by atoms with Crippen LogP contribution < -0.4 is 4.73 Å². The molecule has 0 saturated carbocycles. The Balaban J connectivity index is 2.04. The van der Waals surface area contributed by atoms with Crippen LogP contribution >= 0.6 is 11.6 Å². The Morgan fingerprint density at radius 3 is 2.55 bits per heavy atom. The fourth-order valence-electron chi connectivity index (χ4n) is 3.29. The molecule has 2 rings (SSSR count). The molecule has 182 valence electrons. The van der Waals surface area contributed by atoms with E-state index in [1.807, 2.05) is 4.90 Å². The van der Waals surface area contributed by atoms with Gasteiger partial charge in [-0.1, -0.05) is 23.2 Å². The Bertz CT molecular complexity index is 876. The van der Waals surface area contributed by atoms with Crippen LogP contribution in [0, 0.1) is 5.21 Å². The van der Waals surface area contributed by atoms with Gasteiger partial charge in [-0.05, 0) is 32.0 Å². The lowest BCUT2D eigenvalue weighted by molar-refractivity contribution is -0.605. The first kappa shape index (κ1) is 26.3. The smallest absolute Gasteiger partial charge is 0.336 e. The van der Waals surface area contributed by atoms with Gasteiger partial charge in [-0.2, -0.15) is 4.73 Å². The van der Waals surface area contributed by atoms with Crippen molar-refractivity contribution in [1.82, 2.24) is 4.90 Å². The van der Waals surface area contributed by atoms with E-state index >= 15 is 0 Å². The minimum Gasteiger partial charge on any atom is -0.619 e. The predicted octanol–water partition coefficient (Wildman–Crippen LogP) is 0.315. The van der Waals surface area contributed by atoms with Crippen LogP contribution in [0.5, 0.6) is 0 Å². The zero-order valence-electron chi connectivity index (χ0n) is 17.8. The number of ether oxygens (including phenoxy) is 1. The maximum absolute atomic E-state index is 12.3. The van der Waals surface area contributed by atoms with Crippen molar-refractivity contribution in [2.75, 3.05) is 26.2 Å². The molecule has 3 N–H and O–H groups in total. The molecule has 33 heavy (non-hydrogen) atoms. The lowest BCUT2D eigenvalue weighted by Crippen LogP contribution is -2.45.